The van der Waals surface area contributed by atoms with E-state index in [-0.39, 0.29) is 66.7 Å². The van der Waals surface area contributed by atoms with Gasteiger partial charge < -0.3 is 67.8 Å². The van der Waals surface area contributed by atoms with Gasteiger partial charge in [0.1, 0.15) is 11.2 Å². The summed E-state index contributed by atoms with van der Waals surface area (Å²) in [4.78, 5) is 12.0. The molecule has 6 fully saturated rings. The Morgan fingerprint density at radius 2 is 1.39 bits per heavy atom. The summed E-state index contributed by atoms with van der Waals surface area (Å²) in [6.45, 7) is 15.4. The molecule has 0 aromatic rings. The molecule has 15 nitrogen and oxygen atoms in total. The van der Waals surface area contributed by atoms with Crippen molar-refractivity contribution in [3.63, 3.8) is 0 Å². The van der Waals surface area contributed by atoms with E-state index >= 15 is 0 Å². The molecule has 4 N–H and O–H groups in total. The maximum absolute atomic E-state index is 12.0. The van der Waals surface area contributed by atoms with Crippen molar-refractivity contribution in [3.05, 3.63) is 0 Å². The Morgan fingerprint density at radius 3 is 2.00 bits per heavy atom. The number of ether oxygens (including phenoxy) is 10. The molecule has 0 radical (unpaired) electrons. The number of aliphatic hydroxyl groups excluding tert-OH is 1. The van der Waals surface area contributed by atoms with E-state index in [9.17, 15) is 25.2 Å². The maximum atomic E-state index is 12.0. The summed E-state index contributed by atoms with van der Waals surface area (Å²) in [6, 6.07) is 0. The SMILES string of the molecule is CO[C@@H]1[C@@H](C)[C@@]2(O[C@H](C[C@H]3O[C@](O)([C@@H](O)C(=O)O)[C@@H](C)[C@H](OC)[C@@]3(C)OC)C[C@@H](OC)[C@H]2C)O[C@]1(C)[C@H]1CC[C@@H]([C@H]2CC[C@H]([C@H]3O[C@](C)(O)[C@H](C)C[C@@H]3C)O2)O1. The highest BCUT2D eigenvalue weighted by Gasteiger charge is 2.69. The molecule has 0 unspecified atom stereocenters. The van der Waals surface area contributed by atoms with Crippen molar-refractivity contribution in [1.82, 2.24) is 0 Å². The standard InChI is InChI=1S/C41H70O15/c1-20-17-21(2)39(8,45)55-32(20)28-14-13-26(51-28)27-15-16-30(52-27)38(7)35(49-11)24(5)41(56-38)22(3)29(47-9)18-25(53-41)19-31-37(6,50-12)34(48-10)23(4)40(46,54-31)33(42)36(43)44/h20-35,42,45-46H,13-19H2,1-12H3,(H,43,44)/t20-,21+,22+,23-,24+,25-,26+,27-,28+,29+,30+,31+,32-,33-,34-,35+,37-,38+,39-,40-,41-/m0/s1. The number of methoxy groups -OCH3 is 4. The first-order chi connectivity index (χ1) is 26.2. The first-order valence-corrected chi connectivity index (χ1v) is 20.7. The van der Waals surface area contributed by atoms with Gasteiger partial charge in [-0.05, 0) is 58.8 Å². The van der Waals surface area contributed by atoms with E-state index in [0.29, 0.717) is 6.42 Å². The van der Waals surface area contributed by atoms with E-state index in [0.717, 1.165) is 32.1 Å². The van der Waals surface area contributed by atoms with Crippen LogP contribution in [0.25, 0.3) is 0 Å². The van der Waals surface area contributed by atoms with Crippen LogP contribution >= 0.6 is 0 Å². The van der Waals surface area contributed by atoms with Crippen LogP contribution in [0.15, 0.2) is 0 Å². The lowest BCUT2D eigenvalue weighted by atomic mass is 9.73. The van der Waals surface area contributed by atoms with Crippen molar-refractivity contribution in [2.24, 2.45) is 29.6 Å². The number of carboxylic acid groups (broad SMARTS) is 1. The van der Waals surface area contributed by atoms with Gasteiger partial charge in [-0.15, -0.1) is 0 Å². The third-order valence-corrected chi connectivity index (χ3v) is 15.2. The van der Waals surface area contributed by atoms with Crippen LogP contribution in [0.2, 0.25) is 0 Å². The topological polar surface area (TPSA) is 190 Å². The number of aliphatic hydroxyl groups is 3. The molecule has 0 bridgehead atoms. The Balaban J connectivity index is 1.21. The molecule has 21 atom stereocenters. The van der Waals surface area contributed by atoms with Gasteiger partial charge in [0.2, 0.25) is 11.9 Å². The fourth-order valence-electron chi connectivity index (χ4n) is 11.6. The van der Waals surface area contributed by atoms with Gasteiger partial charge in [0, 0.05) is 65.0 Å². The third kappa shape index (κ3) is 7.19. The highest BCUT2D eigenvalue weighted by Crippen LogP contribution is 2.57. The number of rotatable bonds is 11. The van der Waals surface area contributed by atoms with Gasteiger partial charge in [0.15, 0.2) is 11.6 Å². The second-order valence-corrected chi connectivity index (χ2v) is 18.4. The van der Waals surface area contributed by atoms with Crippen LogP contribution in [0.1, 0.15) is 100 Å². The van der Waals surface area contributed by atoms with Gasteiger partial charge in [0.25, 0.3) is 0 Å². The zero-order valence-electron chi connectivity index (χ0n) is 35.5. The normalized spacial score (nSPS) is 54.4. The Morgan fingerprint density at radius 1 is 0.768 bits per heavy atom. The van der Waals surface area contributed by atoms with E-state index < -0.39 is 71.0 Å². The average Bonchev–Trinajstić information content (AvgIpc) is 3.89. The molecular weight excluding hydrogens is 732 g/mol. The fraction of sp³-hybridized carbons (Fsp3) is 0.976. The van der Waals surface area contributed by atoms with Crippen molar-refractivity contribution in [2.45, 2.75) is 196 Å². The summed E-state index contributed by atoms with van der Waals surface area (Å²) < 4.78 is 64.6. The highest BCUT2D eigenvalue weighted by molar-refractivity contribution is 5.73. The lowest BCUT2D eigenvalue weighted by Crippen LogP contribution is -2.72. The van der Waals surface area contributed by atoms with Crippen LogP contribution in [0.3, 0.4) is 0 Å². The summed E-state index contributed by atoms with van der Waals surface area (Å²) in [5.74, 6) is -7.70. The lowest BCUT2D eigenvalue weighted by molar-refractivity contribution is -0.389. The molecular formula is C41H70O15. The Hall–Kier alpha value is -1.05. The predicted octanol–water partition coefficient (Wildman–Crippen LogP) is 3.41. The summed E-state index contributed by atoms with van der Waals surface area (Å²) >= 11 is 0. The van der Waals surface area contributed by atoms with Crippen molar-refractivity contribution >= 4 is 5.97 Å². The average molecular weight is 803 g/mol. The summed E-state index contributed by atoms with van der Waals surface area (Å²) in [5, 5.41) is 43.0. The Kier molecular flexibility index (Phi) is 12.8. The largest absolute Gasteiger partial charge is 0.479 e. The minimum absolute atomic E-state index is 0.0394. The fourth-order valence-corrected chi connectivity index (χ4v) is 11.6. The predicted molar refractivity (Wildman–Crippen MR) is 199 cm³/mol. The van der Waals surface area contributed by atoms with E-state index in [1.807, 2.05) is 13.8 Å². The van der Waals surface area contributed by atoms with Crippen LogP contribution < -0.4 is 0 Å². The number of hydrogen-bond donors (Lipinski definition) is 4. The van der Waals surface area contributed by atoms with Gasteiger partial charge >= 0.3 is 5.97 Å². The minimum Gasteiger partial charge on any atom is -0.479 e. The van der Waals surface area contributed by atoms with Crippen LogP contribution in [0, 0.1) is 29.6 Å². The van der Waals surface area contributed by atoms with Gasteiger partial charge in [-0.3, -0.25) is 0 Å². The van der Waals surface area contributed by atoms with Crippen molar-refractivity contribution in [3.8, 4) is 0 Å². The first kappa shape index (κ1) is 44.5. The van der Waals surface area contributed by atoms with Gasteiger partial charge in [-0.25, -0.2) is 4.79 Å². The maximum Gasteiger partial charge on any atom is 0.338 e. The van der Waals surface area contributed by atoms with Crippen molar-refractivity contribution < 1.29 is 72.6 Å². The van der Waals surface area contributed by atoms with E-state index in [2.05, 4.69) is 20.8 Å². The van der Waals surface area contributed by atoms with Crippen LogP contribution in [0.5, 0.6) is 0 Å². The zero-order chi connectivity index (χ0) is 41.3. The van der Waals surface area contributed by atoms with Gasteiger partial charge in [0.05, 0.1) is 61.0 Å². The zero-order valence-corrected chi connectivity index (χ0v) is 35.5. The van der Waals surface area contributed by atoms with Crippen molar-refractivity contribution in [2.75, 3.05) is 28.4 Å². The molecule has 6 aliphatic rings. The second-order valence-electron chi connectivity index (χ2n) is 18.4. The molecule has 15 heteroatoms. The molecule has 0 amide bonds. The van der Waals surface area contributed by atoms with Crippen LogP contribution in [-0.4, -0.2) is 151 Å². The number of hydrogen-bond acceptors (Lipinski definition) is 14. The molecule has 0 aromatic heterocycles. The minimum atomic E-state index is -2.48. The summed E-state index contributed by atoms with van der Waals surface area (Å²) in [7, 11) is 6.30. The first-order valence-electron chi connectivity index (χ1n) is 20.7. The van der Waals surface area contributed by atoms with Crippen molar-refractivity contribution in [1.29, 1.82) is 0 Å². The molecule has 6 heterocycles. The van der Waals surface area contributed by atoms with Crippen LogP contribution in [0.4, 0.5) is 0 Å². The number of carboxylic acids is 1. The summed E-state index contributed by atoms with van der Waals surface area (Å²) in [6.07, 6.45) is -1.69. The van der Waals surface area contributed by atoms with E-state index in [4.69, 9.17) is 47.4 Å². The molecule has 56 heavy (non-hydrogen) atoms. The van der Waals surface area contributed by atoms with E-state index in [1.54, 1.807) is 35.0 Å². The highest BCUT2D eigenvalue weighted by atomic mass is 16.7. The van der Waals surface area contributed by atoms with E-state index in [1.165, 1.54) is 14.2 Å². The molecule has 6 aliphatic heterocycles. The monoisotopic (exact) mass is 802 g/mol. The molecule has 0 aromatic carbocycles. The number of aliphatic carboxylic acids is 1. The molecule has 6 rings (SSSR count). The third-order valence-electron chi connectivity index (χ3n) is 15.2. The second kappa shape index (κ2) is 16.1. The summed E-state index contributed by atoms with van der Waals surface area (Å²) in [5.41, 5.74) is -2.09. The quantitative estimate of drug-likeness (QED) is 0.238. The van der Waals surface area contributed by atoms with Gasteiger partial charge in [-0.1, -0.05) is 34.6 Å². The Bertz CT molecular complexity index is 1380. The lowest BCUT2D eigenvalue weighted by Gasteiger charge is -2.56. The molecule has 0 saturated carbocycles. The van der Waals surface area contributed by atoms with Crippen LogP contribution in [-0.2, 0) is 52.2 Å². The molecule has 1 spiro atoms. The number of carbonyl (C=O) groups is 1. The molecule has 6 saturated heterocycles. The van der Waals surface area contributed by atoms with Gasteiger partial charge in [-0.2, -0.15) is 0 Å². The Labute approximate surface area is 332 Å². The smallest absolute Gasteiger partial charge is 0.338 e. The molecule has 0 aliphatic carbocycles. The molecule has 324 valence electrons.